The number of carbonyl (C=O) groups excluding carboxylic acids is 1. The van der Waals surface area contributed by atoms with Crippen LogP contribution in [0.5, 0.6) is 0 Å². The summed E-state index contributed by atoms with van der Waals surface area (Å²) in [7, 11) is 0. The molecule has 1 amide bonds. The summed E-state index contributed by atoms with van der Waals surface area (Å²) in [5.41, 5.74) is 0. The van der Waals surface area contributed by atoms with E-state index in [4.69, 9.17) is 9.47 Å². The van der Waals surface area contributed by atoms with Gasteiger partial charge in [-0.15, -0.1) is 0 Å². The van der Waals surface area contributed by atoms with Crippen LogP contribution in [0.25, 0.3) is 0 Å². The van der Waals surface area contributed by atoms with Crippen LogP contribution in [0.1, 0.15) is 386 Å². The van der Waals surface area contributed by atoms with Crippen LogP contribution in [0.4, 0.5) is 0 Å². The first kappa shape index (κ1) is 83.6. The molecular weight excluding hydrogens is 1090 g/mol. The number of aliphatic hydroxyl groups excluding tert-OH is 7. The highest BCUT2D eigenvalue weighted by Crippen LogP contribution is 2.24. The largest absolute Gasteiger partial charge is 0.394 e. The van der Waals surface area contributed by atoms with E-state index in [9.17, 15) is 40.5 Å². The fourth-order valence-electron chi connectivity index (χ4n) is 12.6. The van der Waals surface area contributed by atoms with E-state index in [0.717, 1.165) is 38.5 Å². The van der Waals surface area contributed by atoms with E-state index in [-0.39, 0.29) is 12.8 Å². The Hall–Kier alpha value is -1.41. The van der Waals surface area contributed by atoms with Crippen molar-refractivity contribution in [3.8, 4) is 0 Å². The van der Waals surface area contributed by atoms with Crippen LogP contribution in [0.3, 0.4) is 0 Å². The molecule has 1 rings (SSSR count). The Labute approximate surface area is 537 Å². The lowest BCUT2D eigenvalue weighted by molar-refractivity contribution is -0.303. The topological polar surface area (TPSA) is 189 Å². The molecule has 0 radical (unpaired) electrons. The minimum Gasteiger partial charge on any atom is -0.394 e. The van der Waals surface area contributed by atoms with Gasteiger partial charge in [0.1, 0.15) is 36.6 Å². The van der Waals surface area contributed by atoms with Gasteiger partial charge in [-0.25, -0.2) is 0 Å². The van der Waals surface area contributed by atoms with Gasteiger partial charge in [-0.3, -0.25) is 4.79 Å². The molecule has 87 heavy (non-hydrogen) atoms. The van der Waals surface area contributed by atoms with E-state index in [1.54, 1.807) is 0 Å². The Balaban J connectivity index is 2.18. The SMILES string of the molecule is CCCCCCCCCCCCCCCCCCCCCCCC/C=C/CC/C=C/CCCC(O)C(O)C(COC1OC(CO)C(O)C(O)C1O)NC(=O)C(O)CCCCCCCCCCCCCCCCCCCCCCCCCCCCCCC. The van der Waals surface area contributed by atoms with Crippen LogP contribution in [-0.2, 0) is 14.3 Å². The van der Waals surface area contributed by atoms with Crippen molar-refractivity contribution < 1.29 is 50.0 Å². The molecule has 0 bridgehead atoms. The van der Waals surface area contributed by atoms with Crippen LogP contribution in [0.2, 0.25) is 0 Å². The Bertz CT molecular complexity index is 1460. The maximum absolute atomic E-state index is 13.3. The fraction of sp³-hybridized carbons (Fsp3) is 0.934. The lowest BCUT2D eigenvalue weighted by Gasteiger charge is -2.40. The third kappa shape index (κ3) is 51.8. The lowest BCUT2D eigenvalue weighted by atomic mass is 9.98. The summed E-state index contributed by atoms with van der Waals surface area (Å²) in [6.07, 6.45) is 71.5. The second kappa shape index (κ2) is 64.7. The smallest absolute Gasteiger partial charge is 0.249 e. The summed E-state index contributed by atoms with van der Waals surface area (Å²) in [6.45, 7) is 3.51. The number of carbonyl (C=O) groups is 1. The van der Waals surface area contributed by atoms with Gasteiger partial charge < -0.3 is 50.5 Å². The molecule has 1 heterocycles. The molecule has 11 nitrogen and oxygen atoms in total. The van der Waals surface area contributed by atoms with Gasteiger partial charge in [-0.05, 0) is 51.4 Å². The predicted octanol–water partition coefficient (Wildman–Crippen LogP) is 19.1. The molecule has 0 aromatic rings. The molecule has 11 heteroatoms. The molecule has 1 saturated heterocycles. The Morgan fingerprint density at radius 1 is 0.391 bits per heavy atom. The van der Waals surface area contributed by atoms with Crippen LogP contribution >= 0.6 is 0 Å². The van der Waals surface area contributed by atoms with Crippen molar-refractivity contribution in [3.05, 3.63) is 24.3 Å². The van der Waals surface area contributed by atoms with Crippen LogP contribution in [0.15, 0.2) is 24.3 Å². The molecule has 9 unspecified atom stereocenters. The molecule has 0 spiro atoms. The zero-order valence-electron chi connectivity index (χ0n) is 57.3. The normalized spacial score (nSPS) is 18.7. The summed E-state index contributed by atoms with van der Waals surface area (Å²) in [5.74, 6) is -0.702. The summed E-state index contributed by atoms with van der Waals surface area (Å²) < 4.78 is 11.2. The van der Waals surface area contributed by atoms with Gasteiger partial charge in [-0.2, -0.15) is 0 Å². The molecule has 0 aromatic carbocycles. The second-order valence-electron chi connectivity index (χ2n) is 27.1. The molecule has 0 aromatic heterocycles. The quantitative estimate of drug-likeness (QED) is 0.0215. The van der Waals surface area contributed by atoms with E-state index < -0.39 is 74.2 Å². The van der Waals surface area contributed by atoms with Crippen molar-refractivity contribution >= 4 is 5.91 Å². The lowest BCUT2D eigenvalue weighted by Crippen LogP contribution is -2.60. The first-order valence-electron chi connectivity index (χ1n) is 38.2. The highest BCUT2D eigenvalue weighted by molar-refractivity contribution is 5.80. The van der Waals surface area contributed by atoms with E-state index in [2.05, 4.69) is 43.5 Å². The average molecular weight is 1240 g/mol. The Morgan fingerprint density at radius 3 is 1.02 bits per heavy atom. The molecule has 8 N–H and O–H groups in total. The van der Waals surface area contributed by atoms with Crippen molar-refractivity contribution in [1.82, 2.24) is 5.32 Å². The van der Waals surface area contributed by atoms with E-state index in [1.165, 1.54) is 302 Å². The molecule has 1 aliphatic heterocycles. The van der Waals surface area contributed by atoms with Crippen LogP contribution < -0.4 is 5.32 Å². The van der Waals surface area contributed by atoms with E-state index >= 15 is 0 Å². The summed E-state index contributed by atoms with van der Waals surface area (Å²) in [4.78, 5) is 13.3. The molecule has 1 fully saturated rings. The van der Waals surface area contributed by atoms with Gasteiger partial charge in [0.25, 0.3) is 0 Å². The van der Waals surface area contributed by atoms with Crippen molar-refractivity contribution in [3.63, 3.8) is 0 Å². The molecule has 1 aliphatic rings. The molecule has 9 atom stereocenters. The van der Waals surface area contributed by atoms with Gasteiger partial charge in [0.05, 0.1) is 25.4 Å². The van der Waals surface area contributed by atoms with Gasteiger partial charge in [0, 0.05) is 0 Å². The predicted molar refractivity (Wildman–Crippen MR) is 367 cm³/mol. The summed E-state index contributed by atoms with van der Waals surface area (Å²) in [5, 5.41) is 76.6. The number of hydrogen-bond acceptors (Lipinski definition) is 10. The summed E-state index contributed by atoms with van der Waals surface area (Å²) in [6, 6.07) is -1.19. The Morgan fingerprint density at radius 2 is 0.690 bits per heavy atom. The highest BCUT2D eigenvalue weighted by Gasteiger charge is 2.44. The number of rotatable bonds is 68. The average Bonchev–Trinajstić information content (AvgIpc) is 1.97. The molecule has 0 saturated carbocycles. The fourth-order valence-corrected chi connectivity index (χ4v) is 12.6. The number of allylic oxidation sites excluding steroid dienone is 4. The number of aliphatic hydroxyl groups is 7. The van der Waals surface area contributed by atoms with Crippen molar-refractivity contribution in [2.45, 2.75) is 441 Å². The third-order valence-electron chi connectivity index (χ3n) is 18.7. The maximum atomic E-state index is 13.3. The minimum absolute atomic E-state index is 0.250. The minimum atomic E-state index is -1.67. The highest BCUT2D eigenvalue weighted by atomic mass is 16.7. The van der Waals surface area contributed by atoms with Gasteiger partial charge in [-0.1, -0.05) is 359 Å². The van der Waals surface area contributed by atoms with Crippen molar-refractivity contribution in [1.29, 1.82) is 0 Å². The monoisotopic (exact) mass is 1230 g/mol. The number of amides is 1. The second-order valence-corrected chi connectivity index (χ2v) is 27.1. The van der Waals surface area contributed by atoms with Crippen LogP contribution in [-0.4, -0.2) is 110 Å². The molecule has 516 valence electrons. The number of nitrogens with one attached hydrogen (secondary N) is 1. The number of hydrogen-bond donors (Lipinski definition) is 8. The number of ether oxygens (including phenoxy) is 2. The van der Waals surface area contributed by atoms with Crippen LogP contribution in [0, 0.1) is 0 Å². The Kier molecular flexibility index (Phi) is 62.2. The van der Waals surface area contributed by atoms with E-state index in [0.29, 0.717) is 19.3 Å². The first-order chi connectivity index (χ1) is 42.7. The van der Waals surface area contributed by atoms with Crippen molar-refractivity contribution in [2.75, 3.05) is 13.2 Å². The molecular formula is C76H147NO10. The van der Waals surface area contributed by atoms with E-state index in [1.807, 2.05) is 0 Å². The zero-order valence-corrected chi connectivity index (χ0v) is 57.3. The zero-order chi connectivity index (χ0) is 63.1. The van der Waals surface area contributed by atoms with Crippen molar-refractivity contribution in [2.24, 2.45) is 0 Å². The standard InChI is InChI=1S/C76H147NO10/c1-3-5-7-9-11-13-15-17-19-21-23-25-27-29-31-33-34-36-37-39-41-43-45-47-49-51-53-55-57-59-61-63-68(79)71(81)67(66-86-76-74(84)73(83)72(82)70(65-78)87-76)77-75(85)69(80)64-62-60-58-56-54-52-50-48-46-44-42-40-38-35-32-30-28-26-24-22-20-18-16-14-12-10-8-6-4-2/h47,49,55,57,67-74,76,78-84H,3-46,48,50-54,56,58-66H2,1-2H3,(H,77,85)/b49-47+,57-55+. The van der Waals surface area contributed by atoms with Gasteiger partial charge >= 0.3 is 0 Å². The number of unbranched alkanes of at least 4 members (excludes halogenated alkanes) is 52. The maximum Gasteiger partial charge on any atom is 0.249 e. The third-order valence-corrected chi connectivity index (χ3v) is 18.7. The van der Waals surface area contributed by atoms with Gasteiger partial charge in [0.2, 0.25) is 5.91 Å². The van der Waals surface area contributed by atoms with Gasteiger partial charge in [0.15, 0.2) is 6.29 Å². The summed E-state index contributed by atoms with van der Waals surface area (Å²) >= 11 is 0. The molecule has 0 aliphatic carbocycles. The first-order valence-corrected chi connectivity index (χ1v) is 38.2.